The monoisotopic (exact) mass is 233 g/mol. The number of imidazole rings is 1. The highest BCUT2D eigenvalue weighted by Gasteiger charge is 2.21. The van der Waals surface area contributed by atoms with E-state index < -0.39 is 0 Å². The molecule has 0 amide bonds. The lowest BCUT2D eigenvalue weighted by molar-refractivity contribution is 0.466. The predicted molar refractivity (Wildman–Crippen MR) is 66.4 cm³/mol. The molecule has 1 aliphatic rings. The van der Waals surface area contributed by atoms with Gasteiger partial charge in [0.1, 0.15) is 5.82 Å². The number of fused-ring (bicyclic) bond motifs is 1. The van der Waals surface area contributed by atoms with E-state index in [1.165, 1.54) is 15.4 Å². The molecule has 1 atom stereocenters. The second-order valence-electron chi connectivity index (χ2n) is 4.32. The third-order valence-corrected chi connectivity index (χ3v) is 4.12. The number of hydrogen-bond donors (Lipinski definition) is 1. The summed E-state index contributed by atoms with van der Waals surface area (Å²) in [7, 11) is 0. The van der Waals surface area contributed by atoms with Crippen LogP contribution in [-0.2, 0) is 6.54 Å². The summed E-state index contributed by atoms with van der Waals surface area (Å²) in [6.07, 6.45) is 4.17. The largest absolute Gasteiger partial charge is 0.326 e. The molecule has 0 spiro atoms. The summed E-state index contributed by atoms with van der Waals surface area (Å²) in [6, 6.07) is 4.45. The Kier molecular flexibility index (Phi) is 2.33. The molecule has 0 saturated carbocycles. The number of thiophene rings is 1. The zero-order valence-electron chi connectivity index (χ0n) is 9.31. The second kappa shape index (κ2) is 3.71. The molecular formula is C12H15N3S. The third-order valence-electron chi connectivity index (χ3n) is 3.12. The van der Waals surface area contributed by atoms with Crippen LogP contribution in [0, 0.1) is 6.92 Å². The molecule has 0 aliphatic carbocycles. The SMILES string of the molecule is Cc1ccc(-c2ncc3n2CCCC3N)s1. The van der Waals surface area contributed by atoms with Crippen LogP contribution in [0.5, 0.6) is 0 Å². The summed E-state index contributed by atoms with van der Waals surface area (Å²) < 4.78 is 2.28. The molecule has 3 nitrogen and oxygen atoms in total. The van der Waals surface area contributed by atoms with Gasteiger partial charge < -0.3 is 10.3 Å². The van der Waals surface area contributed by atoms with Gasteiger partial charge in [-0.25, -0.2) is 4.98 Å². The first-order chi connectivity index (χ1) is 7.75. The standard InChI is InChI=1S/C12H15N3S/c1-8-4-5-11(16-8)12-14-7-10-9(13)3-2-6-15(10)12/h4-5,7,9H,2-3,6,13H2,1H3. The van der Waals surface area contributed by atoms with Gasteiger partial charge in [0, 0.05) is 17.5 Å². The van der Waals surface area contributed by atoms with E-state index in [0.717, 1.165) is 25.2 Å². The first kappa shape index (κ1) is 10.1. The fourth-order valence-corrected chi connectivity index (χ4v) is 3.16. The maximum absolute atomic E-state index is 6.09. The zero-order valence-corrected chi connectivity index (χ0v) is 10.1. The van der Waals surface area contributed by atoms with Gasteiger partial charge >= 0.3 is 0 Å². The molecule has 0 saturated heterocycles. The van der Waals surface area contributed by atoms with Crippen LogP contribution in [0.4, 0.5) is 0 Å². The molecule has 84 valence electrons. The Morgan fingerprint density at radius 3 is 3.12 bits per heavy atom. The van der Waals surface area contributed by atoms with Crippen molar-refractivity contribution in [1.29, 1.82) is 0 Å². The minimum absolute atomic E-state index is 0.163. The van der Waals surface area contributed by atoms with Gasteiger partial charge in [0.15, 0.2) is 0 Å². The Morgan fingerprint density at radius 2 is 2.38 bits per heavy atom. The smallest absolute Gasteiger partial charge is 0.150 e. The summed E-state index contributed by atoms with van der Waals surface area (Å²) in [6.45, 7) is 3.18. The molecular weight excluding hydrogens is 218 g/mol. The van der Waals surface area contributed by atoms with E-state index in [9.17, 15) is 0 Å². The molecule has 0 bridgehead atoms. The highest BCUT2D eigenvalue weighted by atomic mass is 32.1. The highest BCUT2D eigenvalue weighted by molar-refractivity contribution is 7.15. The van der Waals surface area contributed by atoms with E-state index in [1.54, 1.807) is 11.3 Å². The third kappa shape index (κ3) is 1.49. The van der Waals surface area contributed by atoms with Crippen LogP contribution in [0.25, 0.3) is 10.7 Å². The molecule has 16 heavy (non-hydrogen) atoms. The van der Waals surface area contributed by atoms with Gasteiger partial charge in [0.2, 0.25) is 0 Å². The summed E-state index contributed by atoms with van der Waals surface area (Å²) >= 11 is 1.80. The van der Waals surface area contributed by atoms with Crippen LogP contribution >= 0.6 is 11.3 Å². The van der Waals surface area contributed by atoms with E-state index in [1.807, 2.05) is 6.20 Å². The molecule has 2 N–H and O–H groups in total. The van der Waals surface area contributed by atoms with Crippen molar-refractivity contribution in [3.8, 4) is 10.7 Å². The molecule has 3 heterocycles. The van der Waals surface area contributed by atoms with E-state index in [0.29, 0.717) is 0 Å². The lowest BCUT2D eigenvalue weighted by Gasteiger charge is -2.21. The van der Waals surface area contributed by atoms with Crippen LogP contribution < -0.4 is 5.73 Å². The first-order valence-corrected chi connectivity index (χ1v) is 6.45. The number of aromatic nitrogens is 2. The molecule has 2 aromatic rings. The van der Waals surface area contributed by atoms with Gasteiger partial charge in [-0.1, -0.05) is 0 Å². The highest BCUT2D eigenvalue weighted by Crippen LogP contribution is 2.32. The first-order valence-electron chi connectivity index (χ1n) is 5.63. The van der Waals surface area contributed by atoms with Gasteiger partial charge in [-0.3, -0.25) is 0 Å². The van der Waals surface area contributed by atoms with E-state index in [2.05, 4.69) is 28.6 Å². The van der Waals surface area contributed by atoms with Crippen molar-refractivity contribution in [3.05, 3.63) is 28.9 Å². The average Bonchev–Trinajstić information content (AvgIpc) is 2.84. The van der Waals surface area contributed by atoms with Crippen LogP contribution in [0.3, 0.4) is 0 Å². The Balaban J connectivity index is 2.09. The van der Waals surface area contributed by atoms with E-state index in [-0.39, 0.29) is 6.04 Å². The summed E-state index contributed by atoms with van der Waals surface area (Å²) in [5.41, 5.74) is 7.27. The molecule has 1 unspecified atom stereocenters. The van der Waals surface area contributed by atoms with Crippen molar-refractivity contribution in [2.75, 3.05) is 0 Å². The van der Waals surface area contributed by atoms with Crippen LogP contribution in [0.1, 0.15) is 29.5 Å². The van der Waals surface area contributed by atoms with Crippen molar-refractivity contribution in [1.82, 2.24) is 9.55 Å². The lowest BCUT2D eigenvalue weighted by Crippen LogP contribution is -2.21. The molecule has 2 aromatic heterocycles. The number of nitrogens with two attached hydrogens (primary N) is 1. The molecule has 0 radical (unpaired) electrons. The van der Waals surface area contributed by atoms with E-state index >= 15 is 0 Å². The minimum atomic E-state index is 0.163. The van der Waals surface area contributed by atoms with Crippen molar-refractivity contribution in [2.24, 2.45) is 5.73 Å². The van der Waals surface area contributed by atoms with Gasteiger partial charge in [-0.15, -0.1) is 11.3 Å². The average molecular weight is 233 g/mol. The fourth-order valence-electron chi connectivity index (χ4n) is 2.29. The minimum Gasteiger partial charge on any atom is -0.326 e. The van der Waals surface area contributed by atoms with Gasteiger partial charge in [-0.2, -0.15) is 0 Å². The van der Waals surface area contributed by atoms with Crippen LogP contribution in [-0.4, -0.2) is 9.55 Å². The number of hydrogen-bond acceptors (Lipinski definition) is 3. The van der Waals surface area contributed by atoms with Crippen molar-refractivity contribution in [2.45, 2.75) is 32.4 Å². The number of nitrogens with zero attached hydrogens (tertiary/aromatic N) is 2. The van der Waals surface area contributed by atoms with Crippen molar-refractivity contribution in [3.63, 3.8) is 0 Å². The Labute approximate surface area is 98.9 Å². The van der Waals surface area contributed by atoms with Gasteiger partial charge in [0.25, 0.3) is 0 Å². The Bertz CT molecular complexity index is 512. The topological polar surface area (TPSA) is 43.8 Å². The molecule has 1 aliphatic heterocycles. The van der Waals surface area contributed by atoms with E-state index in [4.69, 9.17) is 5.73 Å². The van der Waals surface area contributed by atoms with Crippen LogP contribution in [0.2, 0.25) is 0 Å². The zero-order chi connectivity index (χ0) is 11.1. The Hall–Kier alpha value is -1.13. The van der Waals surface area contributed by atoms with Crippen LogP contribution in [0.15, 0.2) is 18.3 Å². The summed E-state index contributed by atoms with van der Waals surface area (Å²) in [5, 5.41) is 0. The molecule has 3 rings (SSSR count). The molecule has 0 aromatic carbocycles. The summed E-state index contributed by atoms with van der Waals surface area (Å²) in [4.78, 5) is 7.10. The summed E-state index contributed by atoms with van der Waals surface area (Å²) in [5.74, 6) is 1.09. The predicted octanol–water partition coefficient (Wildman–Crippen LogP) is 2.71. The van der Waals surface area contributed by atoms with Crippen molar-refractivity contribution >= 4 is 11.3 Å². The quantitative estimate of drug-likeness (QED) is 0.823. The lowest BCUT2D eigenvalue weighted by atomic mass is 10.1. The van der Waals surface area contributed by atoms with Gasteiger partial charge in [0.05, 0.1) is 16.8 Å². The normalized spacial score (nSPS) is 19.8. The van der Waals surface area contributed by atoms with Gasteiger partial charge in [-0.05, 0) is 31.9 Å². The maximum atomic E-state index is 6.09. The Morgan fingerprint density at radius 1 is 1.50 bits per heavy atom. The second-order valence-corrected chi connectivity index (χ2v) is 5.61. The van der Waals surface area contributed by atoms with Crippen molar-refractivity contribution < 1.29 is 0 Å². The number of aryl methyl sites for hydroxylation is 1. The number of rotatable bonds is 1. The molecule has 0 fully saturated rings. The maximum Gasteiger partial charge on any atom is 0.150 e. The fraction of sp³-hybridized carbons (Fsp3) is 0.417. The molecule has 4 heteroatoms.